The smallest absolute Gasteiger partial charge is 0.251 e. The van der Waals surface area contributed by atoms with Crippen molar-refractivity contribution in [3.63, 3.8) is 0 Å². The van der Waals surface area contributed by atoms with Crippen molar-refractivity contribution in [1.82, 2.24) is 9.62 Å². The number of rotatable bonds is 5. The van der Waals surface area contributed by atoms with Crippen molar-refractivity contribution in [2.75, 3.05) is 25.4 Å². The number of nitrogens with one attached hydrogen (secondary N) is 1. The number of amides is 1. The Labute approximate surface area is 126 Å². The van der Waals surface area contributed by atoms with Crippen LogP contribution in [0.15, 0.2) is 30.3 Å². The van der Waals surface area contributed by atoms with Gasteiger partial charge in [-0.1, -0.05) is 25.1 Å². The SMILES string of the molecule is C[C@@H]1CCCN(S(=O)(=O)CCNC(=O)c2ccccc2)C1. The summed E-state index contributed by atoms with van der Waals surface area (Å²) in [6.07, 6.45) is 1.99. The molecular formula is C15H22N2O3S. The summed E-state index contributed by atoms with van der Waals surface area (Å²) in [5, 5.41) is 2.66. The molecule has 1 aromatic carbocycles. The van der Waals surface area contributed by atoms with Crippen LogP contribution >= 0.6 is 0 Å². The maximum Gasteiger partial charge on any atom is 0.251 e. The van der Waals surface area contributed by atoms with Gasteiger partial charge in [0.2, 0.25) is 10.0 Å². The second-order valence-electron chi connectivity index (χ2n) is 5.54. The van der Waals surface area contributed by atoms with Gasteiger partial charge in [0, 0.05) is 25.2 Å². The van der Waals surface area contributed by atoms with Gasteiger partial charge in [-0.2, -0.15) is 0 Å². The number of piperidine rings is 1. The zero-order valence-electron chi connectivity index (χ0n) is 12.3. The Morgan fingerprint density at radius 2 is 2.05 bits per heavy atom. The number of nitrogens with zero attached hydrogens (tertiary/aromatic N) is 1. The van der Waals surface area contributed by atoms with Gasteiger partial charge in [0.25, 0.3) is 5.91 Å². The van der Waals surface area contributed by atoms with Crippen molar-refractivity contribution in [3.8, 4) is 0 Å². The van der Waals surface area contributed by atoms with Crippen LogP contribution in [0.5, 0.6) is 0 Å². The highest BCUT2D eigenvalue weighted by atomic mass is 32.2. The molecule has 6 heteroatoms. The van der Waals surface area contributed by atoms with Gasteiger partial charge in [0.15, 0.2) is 0 Å². The molecule has 0 aromatic heterocycles. The average molecular weight is 310 g/mol. The minimum absolute atomic E-state index is 0.0434. The van der Waals surface area contributed by atoms with Crippen LogP contribution in [-0.2, 0) is 10.0 Å². The quantitative estimate of drug-likeness (QED) is 0.896. The third-order valence-electron chi connectivity index (χ3n) is 3.69. The van der Waals surface area contributed by atoms with Crippen LogP contribution in [0.3, 0.4) is 0 Å². The second kappa shape index (κ2) is 7.04. The van der Waals surface area contributed by atoms with Gasteiger partial charge in [0.05, 0.1) is 5.75 Å². The van der Waals surface area contributed by atoms with E-state index in [-0.39, 0.29) is 18.2 Å². The molecule has 1 N–H and O–H groups in total. The summed E-state index contributed by atoms with van der Waals surface area (Å²) in [6.45, 7) is 3.40. The van der Waals surface area contributed by atoms with Crippen molar-refractivity contribution >= 4 is 15.9 Å². The maximum absolute atomic E-state index is 12.2. The van der Waals surface area contributed by atoms with Crippen LogP contribution in [0.4, 0.5) is 0 Å². The first-order valence-electron chi connectivity index (χ1n) is 7.30. The molecule has 0 saturated carbocycles. The van der Waals surface area contributed by atoms with Crippen LogP contribution in [0, 0.1) is 5.92 Å². The maximum atomic E-state index is 12.2. The zero-order valence-corrected chi connectivity index (χ0v) is 13.1. The summed E-state index contributed by atoms with van der Waals surface area (Å²) >= 11 is 0. The molecule has 0 spiro atoms. The van der Waals surface area contributed by atoms with E-state index in [0.29, 0.717) is 24.6 Å². The van der Waals surface area contributed by atoms with E-state index in [4.69, 9.17) is 0 Å². The molecule has 2 rings (SSSR count). The van der Waals surface area contributed by atoms with Gasteiger partial charge in [0.1, 0.15) is 0 Å². The Bertz CT molecular complexity index is 572. The molecule has 1 amide bonds. The molecule has 1 aliphatic rings. The van der Waals surface area contributed by atoms with E-state index in [1.165, 1.54) is 0 Å². The van der Waals surface area contributed by atoms with Crippen LogP contribution in [0.2, 0.25) is 0 Å². The third-order valence-corrected chi connectivity index (χ3v) is 5.53. The van der Waals surface area contributed by atoms with E-state index in [1.54, 1.807) is 28.6 Å². The fourth-order valence-corrected chi connectivity index (χ4v) is 4.02. The molecule has 0 aliphatic carbocycles. The van der Waals surface area contributed by atoms with Gasteiger partial charge < -0.3 is 5.32 Å². The second-order valence-corrected chi connectivity index (χ2v) is 7.63. The first kappa shape index (κ1) is 16.0. The highest BCUT2D eigenvalue weighted by Gasteiger charge is 2.26. The molecule has 21 heavy (non-hydrogen) atoms. The monoisotopic (exact) mass is 310 g/mol. The fraction of sp³-hybridized carbons (Fsp3) is 0.533. The van der Waals surface area contributed by atoms with Crippen molar-refractivity contribution < 1.29 is 13.2 Å². The van der Waals surface area contributed by atoms with Crippen LogP contribution < -0.4 is 5.32 Å². The number of carbonyl (C=O) groups excluding carboxylic acids is 1. The molecule has 1 heterocycles. The Kier molecular flexibility index (Phi) is 5.36. The molecule has 0 radical (unpaired) electrons. The summed E-state index contributed by atoms with van der Waals surface area (Å²) in [5.74, 6) is 0.128. The van der Waals surface area contributed by atoms with Crippen molar-refractivity contribution in [2.45, 2.75) is 19.8 Å². The minimum Gasteiger partial charge on any atom is -0.351 e. The standard InChI is InChI=1S/C15H22N2O3S/c1-13-6-5-10-17(12-13)21(19,20)11-9-16-15(18)14-7-3-2-4-8-14/h2-4,7-8,13H,5-6,9-12H2,1H3,(H,16,18)/t13-/m1/s1. The topological polar surface area (TPSA) is 66.5 Å². The molecule has 5 nitrogen and oxygen atoms in total. The lowest BCUT2D eigenvalue weighted by Gasteiger charge is -2.30. The van der Waals surface area contributed by atoms with Crippen LogP contribution in [-0.4, -0.2) is 44.0 Å². The van der Waals surface area contributed by atoms with Gasteiger partial charge in [-0.25, -0.2) is 12.7 Å². The van der Waals surface area contributed by atoms with Gasteiger partial charge in [-0.3, -0.25) is 4.79 Å². The van der Waals surface area contributed by atoms with E-state index in [9.17, 15) is 13.2 Å². The van der Waals surface area contributed by atoms with Crippen molar-refractivity contribution in [2.24, 2.45) is 5.92 Å². The van der Waals surface area contributed by atoms with Crippen LogP contribution in [0.25, 0.3) is 0 Å². The summed E-state index contributed by atoms with van der Waals surface area (Å²) in [5.41, 5.74) is 0.543. The first-order valence-corrected chi connectivity index (χ1v) is 8.91. The number of sulfonamides is 1. The predicted molar refractivity (Wildman–Crippen MR) is 82.5 cm³/mol. The molecule has 1 aromatic rings. The third kappa shape index (κ3) is 4.54. The Morgan fingerprint density at radius 1 is 1.33 bits per heavy atom. The zero-order chi connectivity index (χ0) is 15.3. The van der Waals surface area contributed by atoms with E-state index in [0.717, 1.165) is 12.8 Å². The highest BCUT2D eigenvalue weighted by Crippen LogP contribution is 2.18. The van der Waals surface area contributed by atoms with E-state index < -0.39 is 10.0 Å². The van der Waals surface area contributed by atoms with E-state index in [1.807, 2.05) is 6.07 Å². The highest BCUT2D eigenvalue weighted by molar-refractivity contribution is 7.89. The first-order chi connectivity index (χ1) is 9.99. The van der Waals surface area contributed by atoms with E-state index >= 15 is 0 Å². The predicted octanol–water partition coefficient (Wildman–Crippen LogP) is 1.48. The molecule has 116 valence electrons. The number of hydrogen-bond donors (Lipinski definition) is 1. The van der Waals surface area contributed by atoms with Gasteiger partial charge in [-0.15, -0.1) is 0 Å². The number of carbonyl (C=O) groups is 1. The summed E-state index contributed by atoms with van der Waals surface area (Å²) in [6, 6.07) is 8.80. The summed E-state index contributed by atoms with van der Waals surface area (Å²) < 4.78 is 26.0. The number of benzene rings is 1. The molecule has 1 saturated heterocycles. The summed E-state index contributed by atoms with van der Waals surface area (Å²) in [4.78, 5) is 11.8. The lowest BCUT2D eigenvalue weighted by Crippen LogP contribution is -2.42. The van der Waals surface area contributed by atoms with Crippen molar-refractivity contribution in [3.05, 3.63) is 35.9 Å². The summed E-state index contributed by atoms with van der Waals surface area (Å²) in [7, 11) is -3.28. The normalized spacial score (nSPS) is 20.1. The largest absolute Gasteiger partial charge is 0.351 e. The van der Waals surface area contributed by atoms with Crippen molar-refractivity contribution in [1.29, 1.82) is 0 Å². The van der Waals surface area contributed by atoms with Crippen LogP contribution in [0.1, 0.15) is 30.1 Å². The molecule has 1 aliphatic heterocycles. The van der Waals surface area contributed by atoms with Gasteiger partial charge in [-0.05, 0) is 30.9 Å². The van der Waals surface area contributed by atoms with Gasteiger partial charge >= 0.3 is 0 Å². The molecule has 0 bridgehead atoms. The Hall–Kier alpha value is -1.40. The molecule has 1 fully saturated rings. The number of hydrogen-bond acceptors (Lipinski definition) is 3. The fourth-order valence-electron chi connectivity index (χ4n) is 2.51. The Morgan fingerprint density at radius 3 is 2.71 bits per heavy atom. The lowest BCUT2D eigenvalue weighted by atomic mass is 10.0. The van der Waals surface area contributed by atoms with E-state index in [2.05, 4.69) is 12.2 Å². The average Bonchev–Trinajstić information content (AvgIpc) is 2.48. The minimum atomic E-state index is -3.28. The lowest BCUT2D eigenvalue weighted by molar-refractivity contribution is 0.0956. The molecular weight excluding hydrogens is 288 g/mol. The molecule has 0 unspecified atom stereocenters. The Balaban J connectivity index is 1.83. The molecule has 1 atom stereocenters.